The third kappa shape index (κ3) is 6.92. The van der Waals surface area contributed by atoms with Gasteiger partial charge in [-0.25, -0.2) is 0 Å². The van der Waals surface area contributed by atoms with E-state index in [9.17, 15) is 9.59 Å². The monoisotopic (exact) mass is 519 g/mol. The molecule has 0 saturated heterocycles. The smallest absolute Gasteiger partial charge is 0.257 e. The summed E-state index contributed by atoms with van der Waals surface area (Å²) in [5.41, 5.74) is 4.07. The molecule has 0 saturated carbocycles. The van der Waals surface area contributed by atoms with Crippen LogP contribution in [0.3, 0.4) is 0 Å². The minimum atomic E-state index is -0.271. The highest BCUT2D eigenvalue weighted by Gasteiger charge is 2.30. The Kier molecular flexibility index (Phi) is 9.76. The fourth-order valence-corrected chi connectivity index (χ4v) is 4.70. The second-order valence-corrected chi connectivity index (χ2v) is 10.4. The number of carbonyl (C=O) groups excluding carboxylic acids is 2. The van der Waals surface area contributed by atoms with Crippen molar-refractivity contribution in [2.75, 3.05) is 24.3 Å². The minimum Gasteiger partial charge on any atom is -0.377 e. The Bertz CT molecular complexity index is 1210. The lowest BCUT2D eigenvalue weighted by Gasteiger charge is -2.36. The Hall–Kier alpha value is -3.31. The van der Waals surface area contributed by atoms with E-state index in [0.717, 1.165) is 23.2 Å². The van der Waals surface area contributed by atoms with Crippen LogP contribution >= 0.6 is 11.6 Å². The summed E-state index contributed by atoms with van der Waals surface area (Å²) in [5, 5.41) is 3.38. The van der Waals surface area contributed by atoms with E-state index in [1.54, 1.807) is 24.3 Å². The SMILES string of the molecule is CC[C@@H](C(=O)N(Cc1cc(NC(=O)c2ccccc2Cl)ccc1N(C)C)[C@@H](C)C(C)C)c1ccccc1. The lowest BCUT2D eigenvalue weighted by atomic mass is 9.92. The summed E-state index contributed by atoms with van der Waals surface area (Å²) >= 11 is 6.23. The van der Waals surface area contributed by atoms with Crippen LogP contribution in [-0.2, 0) is 11.3 Å². The quantitative estimate of drug-likeness (QED) is 0.307. The largest absolute Gasteiger partial charge is 0.377 e. The molecule has 0 aliphatic heterocycles. The number of nitrogens with one attached hydrogen (secondary N) is 1. The maximum absolute atomic E-state index is 14.0. The van der Waals surface area contributed by atoms with Crippen molar-refractivity contribution in [3.63, 3.8) is 0 Å². The van der Waals surface area contributed by atoms with E-state index in [1.807, 2.05) is 72.4 Å². The van der Waals surface area contributed by atoms with E-state index < -0.39 is 0 Å². The number of rotatable bonds is 10. The number of benzene rings is 3. The molecule has 0 heterocycles. The van der Waals surface area contributed by atoms with Gasteiger partial charge in [0.25, 0.3) is 5.91 Å². The molecule has 1 N–H and O–H groups in total. The summed E-state index contributed by atoms with van der Waals surface area (Å²) in [4.78, 5) is 31.0. The van der Waals surface area contributed by atoms with Crippen molar-refractivity contribution < 1.29 is 9.59 Å². The molecule has 196 valence electrons. The highest BCUT2D eigenvalue weighted by molar-refractivity contribution is 6.34. The van der Waals surface area contributed by atoms with Gasteiger partial charge < -0.3 is 15.1 Å². The fraction of sp³-hybridized carbons (Fsp3) is 0.355. The number of hydrogen-bond acceptors (Lipinski definition) is 3. The summed E-state index contributed by atoms with van der Waals surface area (Å²) in [5.74, 6) is -0.0886. The van der Waals surface area contributed by atoms with Crippen molar-refractivity contribution in [1.29, 1.82) is 0 Å². The molecule has 0 radical (unpaired) electrons. The number of amides is 2. The number of halogens is 1. The molecular formula is C31H38ClN3O2. The number of carbonyl (C=O) groups is 2. The van der Waals surface area contributed by atoms with E-state index in [1.165, 1.54) is 0 Å². The second kappa shape index (κ2) is 12.8. The van der Waals surface area contributed by atoms with E-state index in [2.05, 4.69) is 33.0 Å². The van der Waals surface area contributed by atoms with Gasteiger partial charge in [-0.1, -0.05) is 74.8 Å². The first-order valence-electron chi connectivity index (χ1n) is 12.9. The Balaban J connectivity index is 1.97. The zero-order valence-corrected chi connectivity index (χ0v) is 23.4. The first-order valence-corrected chi connectivity index (χ1v) is 13.2. The number of anilines is 2. The zero-order valence-electron chi connectivity index (χ0n) is 22.7. The average molecular weight is 520 g/mol. The van der Waals surface area contributed by atoms with E-state index in [0.29, 0.717) is 22.8 Å². The lowest BCUT2D eigenvalue weighted by molar-refractivity contribution is -0.136. The molecule has 0 unspecified atom stereocenters. The van der Waals surface area contributed by atoms with Crippen LogP contribution in [0.25, 0.3) is 0 Å². The van der Waals surface area contributed by atoms with Crippen molar-refractivity contribution >= 4 is 34.8 Å². The number of nitrogens with zero attached hydrogens (tertiary/aromatic N) is 2. The van der Waals surface area contributed by atoms with Crippen molar-refractivity contribution in [3.8, 4) is 0 Å². The molecule has 0 fully saturated rings. The van der Waals surface area contributed by atoms with Crippen molar-refractivity contribution in [2.24, 2.45) is 5.92 Å². The van der Waals surface area contributed by atoms with Gasteiger partial charge in [-0.2, -0.15) is 0 Å². The highest BCUT2D eigenvalue weighted by Crippen LogP contribution is 2.30. The van der Waals surface area contributed by atoms with Crippen LogP contribution in [0.5, 0.6) is 0 Å². The summed E-state index contributed by atoms with van der Waals surface area (Å²) in [7, 11) is 3.97. The molecule has 0 aliphatic rings. The predicted octanol–water partition coefficient (Wildman–Crippen LogP) is 7.23. The molecular weight excluding hydrogens is 482 g/mol. The van der Waals surface area contributed by atoms with Crippen molar-refractivity contribution in [1.82, 2.24) is 4.90 Å². The van der Waals surface area contributed by atoms with Crippen LogP contribution in [0.4, 0.5) is 11.4 Å². The topological polar surface area (TPSA) is 52.7 Å². The predicted molar refractivity (Wildman–Crippen MR) is 154 cm³/mol. The molecule has 0 bridgehead atoms. The van der Waals surface area contributed by atoms with Gasteiger partial charge >= 0.3 is 0 Å². The fourth-order valence-electron chi connectivity index (χ4n) is 4.47. The molecule has 3 aromatic carbocycles. The second-order valence-electron chi connectivity index (χ2n) is 9.99. The first kappa shape index (κ1) is 28.3. The van der Waals surface area contributed by atoms with Gasteiger partial charge in [0.1, 0.15) is 0 Å². The third-order valence-electron chi connectivity index (χ3n) is 6.93. The molecule has 3 rings (SSSR count). The lowest BCUT2D eigenvalue weighted by Crippen LogP contribution is -2.43. The molecule has 3 aromatic rings. The van der Waals surface area contributed by atoms with Gasteiger partial charge in [0.2, 0.25) is 5.91 Å². The Morgan fingerprint density at radius 1 is 0.919 bits per heavy atom. The van der Waals surface area contributed by atoms with Crippen molar-refractivity contribution in [2.45, 2.75) is 52.6 Å². The normalized spacial score (nSPS) is 12.6. The standard InChI is InChI=1S/C31H38ClN3O2/c1-7-26(23-13-9-8-10-14-23)31(37)35(22(4)21(2)3)20-24-19-25(17-18-29(24)34(5)6)33-30(36)27-15-11-12-16-28(27)32/h8-19,21-22,26H,7,20H2,1-6H3,(H,33,36)/t22-,26+/m0/s1. The maximum atomic E-state index is 14.0. The van der Waals surface area contributed by atoms with Crippen LogP contribution in [0.15, 0.2) is 72.8 Å². The van der Waals surface area contributed by atoms with Gasteiger partial charge in [0.05, 0.1) is 16.5 Å². The molecule has 6 heteroatoms. The first-order chi connectivity index (χ1) is 17.6. The average Bonchev–Trinajstić information content (AvgIpc) is 2.88. The van der Waals surface area contributed by atoms with Crippen LogP contribution in [0.2, 0.25) is 5.02 Å². The molecule has 37 heavy (non-hydrogen) atoms. The van der Waals surface area contributed by atoms with Gasteiger partial charge in [0, 0.05) is 38.1 Å². The summed E-state index contributed by atoms with van der Waals surface area (Å²) < 4.78 is 0. The van der Waals surface area contributed by atoms with Gasteiger partial charge in [0.15, 0.2) is 0 Å². The molecule has 0 spiro atoms. The van der Waals surface area contributed by atoms with Gasteiger partial charge in [-0.05, 0) is 60.7 Å². The Labute approximate surface area is 226 Å². The van der Waals surface area contributed by atoms with Crippen molar-refractivity contribution in [3.05, 3.63) is 94.5 Å². The van der Waals surface area contributed by atoms with E-state index in [4.69, 9.17) is 11.6 Å². The molecule has 2 atom stereocenters. The Morgan fingerprint density at radius 2 is 1.57 bits per heavy atom. The minimum absolute atomic E-state index is 0.0293. The molecule has 0 aromatic heterocycles. The van der Waals surface area contributed by atoms with Crippen LogP contribution in [0.1, 0.15) is 61.5 Å². The van der Waals surface area contributed by atoms with Crippen LogP contribution < -0.4 is 10.2 Å². The number of hydrogen-bond donors (Lipinski definition) is 1. The van der Waals surface area contributed by atoms with Crippen LogP contribution in [-0.4, -0.2) is 36.9 Å². The van der Waals surface area contributed by atoms with Gasteiger partial charge in [-0.3, -0.25) is 9.59 Å². The molecule has 2 amide bonds. The van der Waals surface area contributed by atoms with Crippen LogP contribution in [0, 0.1) is 5.92 Å². The van der Waals surface area contributed by atoms with E-state index in [-0.39, 0.29) is 29.7 Å². The molecule has 5 nitrogen and oxygen atoms in total. The van der Waals surface area contributed by atoms with Gasteiger partial charge in [-0.15, -0.1) is 0 Å². The summed E-state index contributed by atoms with van der Waals surface area (Å²) in [6.07, 6.45) is 0.721. The zero-order chi connectivity index (χ0) is 27.1. The Morgan fingerprint density at radius 3 is 2.16 bits per heavy atom. The maximum Gasteiger partial charge on any atom is 0.257 e. The molecule has 0 aliphatic carbocycles. The summed E-state index contributed by atoms with van der Waals surface area (Å²) in [6.45, 7) is 8.89. The third-order valence-corrected chi connectivity index (χ3v) is 7.26. The highest BCUT2D eigenvalue weighted by atomic mass is 35.5. The summed E-state index contributed by atoms with van der Waals surface area (Å²) in [6, 6.07) is 22.8. The van der Waals surface area contributed by atoms with E-state index >= 15 is 0 Å².